The fraction of sp³-hybridized carbons (Fsp3) is 0.415. The number of hydroxylamine groups is 2. The maximum absolute atomic E-state index is 15.0. The molecule has 1 saturated carbocycles. The summed E-state index contributed by atoms with van der Waals surface area (Å²) in [6.45, 7) is 6.64. The number of amides is 6. The summed E-state index contributed by atoms with van der Waals surface area (Å²) in [5, 5.41) is 10.6. The number of aryl methyl sites for hydroxylation is 1. The molecular weight excluding hydrogens is 976 g/mol. The standard InChI is InChI=1S/C53H59FN8O9S2/c1-53(2,31-46(63)59-58-45-8-3-6-35-28-40(16-17-41(35)45)70-26-5-9-50(67)71-62-48(65)18-19-49(62)66)73-72-27-20-47(64)61-24-22-60(23-25-61)39-14-11-34(12-15-39)51(68)56-33-37-10-13-38(29-44(37)54)57-52(69)43-30-42(43)36-7-4-21-55-32-36/h4,7,10-17,21,28-29,32,42-43H,3,5-6,8-9,18-20,22-27,30-31,33H2,1-2H3,(H,56,68)(H,57,69)(H,59,63)/b58-45+/t42-,43+/m1/s1. The molecule has 4 aromatic rings. The number of hydrogen-bond donors (Lipinski definition) is 3. The first kappa shape index (κ1) is 52.5. The van der Waals surface area contributed by atoms with Crippen molar-refractivity contribution < 1.29 is 47.5 Å². The molecule has 2 aliphatic carbocycles. The minimum atomic E-state index is -0.668. The first-order valence-corrected chi connectivity index (χ1v) is 26.9. The molecule has 0 bridgehead atoms. The number of pyridine rings is 1. The van der Waals surface area contributed by atoms with Crippen LogP contribution >= 0.6 is 21.6 Å². The summed E-state index contributed by atoms with van der Waals surface area (Å²) in [6.07, 6.45) is 7.61. The van der Waals surface area contributed by atoms with E-state index in [0.29, 0.717) is 78.8 Å². The van der Waals surface area contributed by atoms with Crippen molar-refractivity contribution in [3.05, 3.63) is 119 Å². The molecule has 0 radical (unpaired) electrons. The van der Waals surface area contributed by atoms with Crippen molar-refractivity contribution in [2.24, 2.45) is 11.0 Å². The molecule has 2 atom stereocenters. The van der Waals surface area contributed by atoms with Gasteiger partial charge in [0.1, 0.15) is 11.6 Å². The predicted molar refractivity (Wildman–Crippen MR) is 276 cm³/mol. The van der Waals surface area contributed by atoms with Gasteiger partial charge in [-0.3, -0.25) is 33.8 Å². The van der Waals surface area contributed by atoms with Gasteiger partial charge in [-0.1, -0.05) is 33.7 Å². The Hall–Kier alpha value is -6.80. The number of fused-ring (bicyclic) bond motifs is 1. The second-order valence-corrected chi connectivity index (χ2v) is 22.1. The van der Waals surface area contributed by atoms with Crippen LogP contribution in [0, 0.1) is 11.7 Å². The minimum Gasteiger partial charge on any atom is -0.494 e. The highest BCUT2D eigenvalue weighted by Crippen LogP contribution is 2.47. The Morgan fingerprint density at radius 2 is 1.68 bits per heavy atom. The molecule has 4 aliphatic rings. The Labute approximate surface area is 431 Å². The molecule has 8 rings (SSSR count). The molecule has 73 heavy (non-hydrogen) atoms. The number of ether oxygens (including phenoxy) is 1. The normalized spacial score (nSPS) is 18.0. The van der Waals surface area contributed by atoms with Crippen LogP contribution in [-0.4, -0.2) is 105 Å². The highest BCUT2D eigenvalue weighted by Gasteiger charge is 2.44. The van der Waals surface area contributed by atoms with E-state index in [0.717, 1.165) is 47.4 Å². The molecule has 0 spiro atoms. The largest absolute Gasteiger partial charge is 0.494 e. The summed E-state index contributed by atoms with van der Waals surface area (Å²) < 4.78 is 20.4. The lowest BCUT2D eigenvalue weighted by Crippen LogP contribution is -2.48. The molecule has 3 heterocycles. The van der Waals surface area contributed by atoms with Gasteiger partial charge in [0.25, 0.3) is 17.7 Å². The number of carbonyl (C=O) groups excluding carboxylic acids is 7. The number of aromatic nitrogens is 1. The highest BCUT2D eigenvalue weighted by atomic mass is 33.1. The number of rotatable bonds is 21. The van der Waals surface area contributed by atoms with Gasteiger partial charge >= 0.3 is 5.97 Å². The number of hydrazone groups is 1. The average Bonchev–Trinajstić information content (AvgIpc) is 4.14. The molecule has 384 valence electrons. The van der Waals surface area contributed by atoms with Gasteiger partial charge in [0.2, 0.25) is 17.7 Å². The third-order valence-corrected chi connectivity index (χ3v) is 16.2. The summed E-state index contributed by atoms with van der Waals surface area (Å²) in [4.78, 5) is 100. The lowest BCUT2D eigenvalue weighted by atomic mass is 9.90. The van der Waals surface area contributed by atoms with Gasteiger partial charge in [-0.05, 0) is 124 Å². The fourth-order valence-electron chi connectivity index (χ4n) is 8.90. The van der Waals surface area contributed by atoms with Gasteiger partial charge in [0.05, 0.1) is 18.7 Å². The lowest BCUT2D eigenvalue weighted by Gasteiger charge is -2.36. The molecule has 0 unspecified atom stereocenters. The zero-order chi connectivity index (χ0) is 51.5. The van der Waals surface area contributed by atoms with Gasteiger partial charge in [0, 0.05) is 115 Å². The molecule has 3 N–H and O–H groups in total. The van der Waals surface area contributed by atoms with Crippen molar-refractivity contribution in [3.8, 4) is 5.75 Å². The predicted octanol–water partition coefficient (Wildman–Crippen LogP) is 7.10. The first-order chi connectivity index (χ1) is 35.2. The molecule has 3 fully saturated rings. The second-order valence-electron chi connectivity index (χ2n) is 19.0. The zero-order valence-electron chi connectivity index (χ0n) is 40.9. The maximum atomic E-state index is 15.0. The first-order valence-electron chi connectivity index (χ1n) is 24.6. The Morgan fingerprint density at radius 3 is 2.42 bits per heavy atom. The Morgan fingerprint density at radius 1 is 0.904 bits per heavy atom. The summed E-state index contributed by atoms with van der Waals surface area (Å²) in [5.74, 6) is -1.67. The van der Waals surface area contributed by atoms with E-state index in [1.807, 2.05) is 61.2 Å². The van der Waals surface area contributed by atoms with Crippen molar-refractivity contribution in [1.82, 2.24) is 25.7 Å². The van der Waals surface area contributed by atoms with Gasteiger partial charge in [-0.15, -0.1) is 5.06 Å². The number of imide groups is 1. The van der Waals surface area contributed by atoms with E-state index in [9.17, 15) is 33.6 Å². The van der Waals surface area contributed by atoms with Crippen LogP contribution < -0.4 is 25.7 Å². The molecule has 3 aromatic carbocycles. The van der Waals surface area contributed by atoms with Crippen LogP contribution in [0.5, 0.6) is 5.75 Å². The molecule has 2 saturated heterocycles. The number of nitrogens with zero attached hydrogens (tertiary/aromatic N) is 5. The third-order valence-electron chi connectivity index (χ3n) is 13.0. The summed E-state index contributed by atoms with van der Waals surface area (Å²) in [7, 11) is 3.14. The van der Waals surface area contributed by atoms with Gasteiger partial charge in [-0.2, -0.15) is 5.10 Å². The summed E-state index contributed by atoms with van der Waals surface area (Å²) in [6, 6.07) is 21.1. The van der Waals surface area contributed by atoms with Crippen LogP contribution in [0.3, 0.4) is 0 Å². The summed E-state index contributed by atoms with van der Waals surface area (Å²) in [5.41, 5.74) is 8.58. The number of benzene rings is 3. The van der Waals surface area contributed by atoms with Crippen molar-refractivity contribution in [2.45, 2.75) is 95.3 Å². The van der Waals surface area contributed by atoms with E-state index < -0.39 is 28.3 Å². The fourth-order valence-corrected chi connectivity index (χ4v) is 11.4. The van der Waals surface area contributed by atoms with Crippen molar-refractivity contribution in [1.29, 1.82) is 0 Å². The number of piperazine rings is 1. The van der Waals surface area contributed by atoms with Crippen LogP contribution in [0.4, 0.5) is 15.8 Å². The Kier molecular flexibility index (Phi) is 17.5. The van der Waals surface area contributed by atoms with Crippen LogP contribution in [0.25, 0.3) is 0 Å². The number of anilines is 2. The van der Waals surface area contributed by atoms with Crippen molar-refractivity contribution in [2.75, 3.05) is 48.8 Å². The van der Waals surface area contributed by atoms with Gasteiger partial charge in [-0.25, -0.2) is 14.6 Å². The minimum absolute atomic E-state index is 0.00850. The highest BCUT2D eigenvalue weighted by molar-refractivity contribution is 8.77. The van der Waals surface area contributed by atoms with Crippen LogP contribution in [-0.2, 0) is 46.6 Å². The van der Waals surface area contributed by atoms with E-state index in [2.05, 4.69) is 31.0 Å². The summed E-state index contributed by atoms with van der Waals surface area (Å²) >= 11 is 0. The average molecular weight is 1040 g/mol. The molecular formula is C53H59FN8O9S2. The SMILES string of the molecule is CC(C)(CC(=O)N/N=C1\CCCc2cc(OCCCC(=O)ON3C(=O)CCC3=O)ccc21)SSCCC(=O)N1CCN(c2ccc(C(=O)NCc3ccc(NC(=O)[C@H]4C[C@@H]4c4cccnc4)cc3F)cc2)CC1. The van der Waals surface area contributed by atoms with Crippen LogP contribution in [0.2, 0.25) is 0 Å². The van der Waals surface area contributed by atoms with E-state index in [1.54, 1.807) is 58.2 Å². The number of halogens is 1. The van der Waals surface area contributed by atoms with Gasteiger partial charge < -0.3 is 30.0 Å². The van der Waals surface area contributed by atoms with Crippen molar-refractivity contribution in [3.63, 3.8) is 0 Å². The molecule has 2 aliphatic heterocycles. The van der Waals surface area contributed by atoms with E-state index in [1.165, 1.54) is 6.07 Å². The number of hydrogen-bond acceptors (Lipinski definition) is 14. The lowest BCUT2D eigenvalue weighted by molar-refractivity contribution is -0.197. The maximum Gasteiger partial charge on any atom is 0.333 e. The molecule has 17 nitrogen and oxygen atoms in total. The monoisotopic (exact) mass is 1030 g/mol. The Balaban J connectivity index is 0.687. The molecule has 6 amide bonds. The molecule has 20 heteroatoms. The molecule has 1 aromatic heterocycles. The topological polar surface area (TPSA) is 209 Å². The van der Waals surface area contributed by atoms with Crippen LogP contribution in [0.1, 0.15) is 110 Å². The third kappa shape index (κ3) is 14.5. The van der Waals surface area contributed by atoms with Crippen LogP contribution in [0.15, 0.2) is 90.3 Å². The Bertz CT molecular complexity index is 2720. The van der Waals surface area contributed by atoms with E-state index in [4.69, 9.17) is 9.57 Å². The second kappa shape index (κ2) is 24.3. The number of carbonyl (C=O) groups is 7. The van der Waals surface area contributed by atoms with Gasteiger partial charge in [0.15, 0.2) is 0 Å². The quantitative estimate of drug-likeness (QED) is 0.0330. The number of nitrogens with one attached hydrogen (secondary N) is 3. The smallest absolute Gasteiger partial charge is 0.333 e. The zero-order valence-corrected chi connectivity index (χ0v) is 42.5. The van der Waals surface area contributed by atoms with E-state index >= 15 is 4.39 Å². The van der Waals surface area contributed by atoms with Crippen molar-refractivity contribution >= 4 is 80.1 Å². The van der Waals surface area contributed by atoms with E-state index in [-0.39, 0.29) is 74.3 Å².